The molecule has 2 aliphatic heterocycles. The van der Waals surface area contributed by atoms with Crippen LogP contribution in [0.3, 0.4) is 0 Å². The normalized spacial score (nSPS) is 19.8. The number of hydrogen-bond acceptors (Lipinski definition) is 6. The molecule has 2 atom stereocenters. The monoisotopic (exact) mass is 670 g/mol. The lowest BCUT2D eigenvalue weighted by Crippen LogP contribution is -2.45. The first-order chi connectivity index (χ1) is 19.1. The van der Waals surface area contributed by atoms with Gasteiger partial charge in [-0.05, 0) is 49.5 Å². The number of methoxy groups -OCH3 is 1. The van der Waals surface area contributed by atoms with Gasteiger partial charge in [0.25, 0.3) is 11.8 Å². The fraction of sp³-hybridized carbons (Fsp3) is 0.733. The number of nitrogens with zero attached hydrogens (tertiary/aromatic N) is 2. The molecule has 0 N–H and O–H groups in total. The fourth-order valence-corrected chi connectivity index (χ4v) is 7.34. The third-order valence-corrected chi connectivity index (χ3v) is 15.2. The summed E-state index contributed by atoms with van der Waals surface area (Å²) in [6, 6.07) is 3.88. The van der Waals surface area contributed by atoms with E-state index in [4.69, 9.17) is 18.6 Å². The number of carbonyl (C=O) groups is 2. The molecule has 0 aliphatic carbocycles. The van der Waals surface area contributed by atoms with E-state index < -0.39 is 22.4 Å². The molecule has 1 aromatic carbocycles. The summed E-state index contributed by atoms with van der Waals surface area (Å²) in [4.78, 5) is 31.6. The number of unbranched alkanes of at least 4 members (excludes halogenated alkanes) is 2. The Morgan fingerprint density at radius 3 is 2.32 bits per heavy atom. The average molecular weight is 672 g/mol. The number of rotatable bonds is 14. The zero-order valence-corrected chi connectivity index (χ0v) is 30.2. The third-order valence-electron chi connectivity index (χ3n) is 8.40. The van der Waals surface area contributed by atoms with Crippen LogP contribution >= 0.6 is 15.9 Å². The molecule has 0 aromatic heterocycles. The summed E-state index contributed by atoms with van der Waals surface area (Å²) in [6.45, 7) is 19.5. The van der Waals surface area contributed by atoms with Gasteiger partial charge in [-0.15, -0.1) is 0 Å². The fourth-order valence-electron chi connectivity index (χ4n) is 4.83. The van der Waals surface area contributed by atoms with Gasteiger partial charge in [-0.1, -0.05) is 56.3 Å². The van der Waals surface area contributed by atoms with Gasteiger partial charge in [0, 0.05) is 39.0 Å². The van der Waals surface area contributed by atoms with E-state index in [2.05, 4.69) is 69.4 Å². The Hall–Kier alpha value is -1.41. The maximum absolute atomic E-state index is 14.2. The molecule has 11 heteroatoms. The summed E-state index contributed by atoms with van der Waals surface area (Å²) in [7, 11) is -1.83. The number of fused-ring (bicyclic) bond motifs is 2. The van der Waals surface area contributed by atoms with Crippen molar-refractivity contribution in [3.63, 3.8) is 0 Å². The number of halogens is 1. The molecule has 2 aliphatic rings. The molecule has 2 amide bonds. The summed E-state index contributed by atoms with van der Waals surface area (Å²) in [6.07, 6.45) is 3.31. The highest BCUT2D eigenvalue weighted by Gasteiger charge is 2.49. The van der Waals surface area contributed by atoms with Crippen molar-refractivity contribution in [2.45, 2.75) is 102 Å². The quantitative estimate of drug-likeness (QED) is 0.122. The Morgan fingerprint density at radius 1 is 1.00 bits per heavy atom. The molecule has 232 valence electrons. The highest BCUT2D eigenvalue weighted by atomic mass is 79.9. The molecule has 0 saturated carbocycles. The standard InChI is InChI=1S/C30H51BrN2O6Si2/c1-30(2,3)41(8,9)39-22-17-25-29(35)33(21-37-15-16-40(5,6)7)24-19-27(38-14-12-10-11-13-31)26(36-4)18-23(24)28(34)32(25)20-22/h18-19,22,25H,10-17,20-21H2,1-9H3/t22-,25+/m1/s1. The Balaban J connectivity index is 1.94. The average Bonchev–Trinajstić information content (AvgIpc) is 3.26. The summed E-state index contributed by atoms with van der Waals surface area (Å²) in [5.41, 5.74) is 0.937. The van der Waals surface area contributed by atoms with Gasteiger partial charge in [-0.25, -0.2) is 0 Å². The van der Waals surface area contributed by atoms with Crippen LogP contribution in [0.5, 0.6) is 11.5 Å². The number of hydrogen-bond donors (Lipinski definition) is 0. The van der Waals surface area contributed by atoms with Gasteiger partial charge in [-0.3, -0.25) is 14.5 Å². The Kier molecular flexibility index (Phi) is 11.6. The van der Waals surface area contributed by atoms with Gasteiger partial charge in [0.15, 0.2) is 19.8 Å². The van der Waals surface area contributed by atoms with Gasteiger partial charge < -0.3 is 23.5 Å². The van der Waals surface area contributed by atoms with Crippen LogP contribution in [0.2, 0.25) is 43.8 Å². The summed E-state index contributed by atoms with van der Waals surface area (Å²) >= 11 is 3.47. The highest BCUT2D eigenvalue weighted by molar-refractivity contribution is 9.09. The second kappa shape index (κ2) is 13.9. The molecule has 41 heavy (non-hydrogen) atoms. The maximum Gasteiger partial charge on any atom is 0.256 e. The topological polar surface area (TPSA) is 77.5 Å². The van der Waals surface area contributed by atoms with Crippen molar-refractivity contribution in [3.8, 4) is 11.5 Å². The van der Waals surface area contributed by atoms with Crippen molar-refractivity contribution in [2.24, 2.45) is 0 Å². The smallest absolute Gasteiger partial charge is 0.256 e. The SMILES string of the molecule is COc1cc2c(cc1OCCCCCBr)N(COCC[Si](C)(C)C)C(=O)[C@@H]1C[C@@H](O[Si](C)(C)C(C)(C)C)CN1C2=O. The van der Waals surface area contributed by atoms with Crippen molar-refractivity contribution in [3.05, 3.63) is 17.7 Å². The minimum absolute atomic E-state index is 0.0296. The lowest BCUT2D eigenvalue weighted by Gasteiger charge is -2.38. The van der Waals surface area contributed by atoms with Crippen LogP contribution in [0.25, 0.3) is 0 Å². The van der Waals surface area contributed by atoms with Gasteiger partial charge in [0.2, 0.25) is 0 Å². The van der Waals surface area contributed by atoms with Crippen LogP contribution in [0.4, 0.5) is 5.69 Å². The molecule has 1 aromatic rings. The molecule has 2 heterocycles. The molecule has 1 saturated heterocycles. The maximum atomic E-state index is 14.2. The second-order valence-electron chi connectivity index (χ2n) is 13.9. The van der Waals surface area contributed by atoms with E-state index in [9.17, 15) is 9.59 Å². The van der Waals surface area contributed by atoms with Crippen LogP contribution in [-0.4, -0.2) is 84.2 Å². The number of ether oxygens (including phenoxy) is 3. The van der Waals surface area contributed by atoms with E-state index in [1.54, 1.807) is 29.0 Å². The predicted molar refractivity (Wildman–Crippen MR) is 174 cm³/mol. The molecule has 0 radical (unpaired) electrons. The van der Waals surface area contributed by atoms with Crippen LogP contribution in [0.15, 0.2) is 12.1 Å². The van der Waals surface area contributed by atoms with Gasteiger partial charge in [-0.2, -0.15) is 0 Å². The van der Waals surface area contributed by atoms with E-state index >= 15 is 0 Å². The van der Waals surface area contributed by atoms with Gasteiger partial charge in [0.05, 0.1) is 31.1 Å². The third kappa shape index (κ3) is 8.58. The Bertz CT molecular complexity index is 1070. The zero-order valence-electron chi connectivity index (χ0n) is 26.6. The molecule has 0 unspecified atom stereocenters. The van der Waals surface area contributed by atoms with Crippen LogP contribution < -0.4 is 14.4 Å². The van der Waals surface area contributed by atoms with Crippen molar-refractivity contribution >= 4 is 49.8 Å². The summed E-state index contributed by atoms with van der Waals surface area (Å²) in [5.74, 6) is 0.682. The first-order valence-corrected chi connectivity index (χ1v) is 22.6. The number of benzene rings is 1. The van der Waals surface area contributed by atoms with Crippen LogP contribution in [0.1, 0.15) is 56.8 Å². The lowest BCUT2D eigenvalue weighted by molar-refractivity contribution is -0.123. The number of amides is 2. The molecule has 0 spiro atoms. The van der Waals surface area contributed by atoms with E-state index in [0.717, 1.165) is 30.6 Å². The molecule has 8 nitrogen and oxygen atoms in total. The highest BCUT2D eigenvalue weighted by Crippen LogP contribution is 2.42. The van der Waals surface area contributed by atoms with Gasteiger partial charge >= 0.3 is 0 Å². The first kappa shape index (κ1) is 34.1. The molecule has 0 bridgehead atoms. The number of alkyl halides is 1. The largest absolute Gasteiger partial charge is 0.493 e. The molecule has 3 rings (SSSR count). The number of anilines is 1. The van der Waals surface area contributed by atoms with Crippen molar-refractivity contribution in [1.29, 1.82) is 0 Å². The lowest BCUT2D eigenvalue weighted by atomic mass is 10.1. The van der Waals surface area contributed by atoms with Crippen LogP contribution in [-0.2, 0) is 14.0 Å². The van der Waals surface area contributed by atoms with E-state index in [1.165, 1.54) is 0 Å². The van der Waals surface area contributed by atoms with E-state index in [-0.39, 0.29) is 29.7 Å². The summed E-state index contributed by atoms with van der Waals surface area (Å²) in [5, 5.41) is 0.993. The Labute approximate surface area is 257 Å². The minimum Gasteiger partial charge on any atom is -0.493 e. The molecular weight excluding hydrogens is 620 g/mol. The van der Waals surface area contributed by atoms with E-state index in [0.29, 0.717) is 48.9 Å². The van der Waals surface area contributed by atoms with Crippen molar-refractivity contribution in [1.82, 2.24) is 4.90 Å². The van der Waals surface area contributed by atoms with Gasteiger partial charge in [0.1, 0.15) is 12.8 Å². The van der Waals surface area contributed by atoms with Crippen LogP contribution in [0, 0.1) is 0 Å². The van der Waals surface area contributed by atoms with Crippen molar-refractivity contribution < 1.29 is 28.2 Å². The minimum atomic E-state index is -2.09. The predicted octanol–water partition coefficient (Wildman–Crippen LogP) is 6.90. The first-order valence-electron chi connectivity index (χ1n) is 14.9. The zero-order chi connectivity index (χ0) is 30.6. The van der Waals surface area contributed by atoms with Crippen molar-refractivity contribution in [2.75, 3.05) is 43.8 Å². The summed E-state index contributed by atoms with van der Waals surface area (Å²) < 4.78 is 24.6. The Morgan fingerprint density at radius 2 is 1.71 bits per heavy atom. The number of carbonyl (C=O) groups excluding carboxylic acids is 2. The molecular formula is C30H51BrN2O6Si2. The van der Waals surface area contributed by atoms with E-state index in [1.807, 2.05) is 0 Å². The molecule has 1 fully saturated rings. The second-order valence-corrected chi connectivity index (χ2v) is 25.1.